The van der Waals surface area contributed by atoms with Crippen molar-refractivity contribution >= 4 is 27.6 Å². The molecule has 9 heteroatoms. The van der Waals surface area contributed by atoms with Gasteiger partial charge in [0, 0.05) is 0 Å². The lowest BCUT2D eigenvalue weighted by Crippen LogP contribution is -2.24. The number of rotatable bonds is 6. The number of carboxylic acids is 1. The number of carbonyl (C=O) groups is 2. The summed E-state index contributed by atoms with van der Waals surface area (Å²) in [6.07, 6.45) is 0. The number of hydrogen-bond donors (Lipinski definition) is 3. The first-order valence-corrected chi connectivity index (χ1v) is 7.13. The Labute approximate surface area is 115 Å². The van der Waals surface area contributed by atoms with Gasteiger partial charge in [-0.1, -0.05) is 0 Å². The molecule has 0 saturated carbocycles. The van der Waals surface area contributed by atoms with Crippen molar-refractivity contribution in [2.24, 2.45) is 0 Å². The third kappa shape index (κ3) is 4.43. The minimum absolute atomic E-state index is 0.0485. The molecule has 0 saturated heterocycles. The van der Waals surface area contributed by atoms with Gasteiger partial charge in [-0.15, -0.1) is 0 Å². The number of esters is 1. The Morgan fingerprint density at radius 1 is 1.35 bits per heavy atom. The van der Waals surface area contributed by atoms with Gasteiger partial charge in [0.25, 0.3) is 0 Å². The Kier molecular flexibility index (Phi) is 4.92. The van der Waals surface area contributed by atoms with E-state index in [0.717, 1.165) is 18.2 Å². The molecule has 0 atom stereocenters. The Morgan fingerprint density at radius 2 is 2.00 bits per heavy atom. The van der Waals surface area contributed by atoms with Crippen molar-refractivity contribution in [3.8, 4) is 5.75 Å². The number of anilines is 1. The summed E-state index contributed by atoms with van der Waals surface area (Å²) in [5.74, 6) is -3.65. The topological polar surface area (TPSA) is 130 Å². The first-order valence-electron chi connectivity index (χ1n) is 5.47. The van der Waals surface area contributed by atoms with Crippen LogP contribution in [0.25, 0.3) is 0 Å². The Morgan fingerprint density at radius 3 is 2.50 bits per heavy atom. The van der Waals surface area contributed by atoms with Gasteiger partial charge in [-0.25, -0.2) is 13.2 Å². The second-order valence-electron chi connectivity index (χ2n) is 3.70. The molecule has 0 fully saturated rings. The lowest BCUT2D eigenvalue weighted by atomic mass is 10.2. The molecule has 3 N–H and O–H groups in total. The first-order chi connectivity index (χ1) is 9.25. The number of aromatic hydroxyl groups is 1. The van der Waals surface area contributed by atoms with E-state index in [1.807, 2.05) is 4.72 Å². The van der Waals surface area contributed by atoms with Crippen molar-refractivity contribution in [2.75, 3.05) is 17.1 Å². The molecule has 0 aliphatic rings. The smallest absolute Gasteiger partial charge is 0.335 e. The summed E-state index contributed by atoms with van der Waals surface area (Å²) in [7, 11) is -4.04. The Bertz CT molecular complexity index is 624. The highest BCUT2D eigenvalue weighted by Crippen LogP contribution is 2.25. The normalized spacial score (nSPS) is 10.8. The number of ether oxygens (including phenoxy) is 1. The van der Waals surface area contributed by atoms with Crippen molar-refractivity contribution in [1.82, 2.24) is 0 Å². The minimum atomic E-state index is -4.04. The fraction of sp³-hybridized carbons (Fsp3) is 0.273. The molecule has 1 aromatic rings. The molecule has 0 bridgehead atoms. The van der Waals surface area contributed by atoms with E-state index >= 15 is 0 Å². The van der Waals surface area contributed by atoms with Gasteiger partial charge in [-0.05, 0) is 25.1 Å². The SMILES string of the molecule is CCOC(=O)CS(=O)(=O)Nc1ccc(C(=O)O)cc1O. The highest BCUT2D eigenvalue weighted by molar-refractivity contribution is 7.93. The van der Waals surface area contributed by atoms with Gasteiger partial charge in [0.2, 0.25) is 10.0 Å². The number of phenols is 1. The molecule has 0 aliphatic carbocycles. The van der Waals surface area contributed by atoms with Crippen molar-refractivity contribution in [3.05, 3.63) is 23.8 Å². The number of hydrogen-bond acceptors (Lipinski definition) is 6. The molecule has 0 unspecified atom stereocenters. The number of aromatic carboxylic acids is 1. The molecular formula is C11H13NO7S. The predicted octanol–water partition coefficient (Wildman–Crippen LogP) is 0.395. The van der Waals surface area contributed by atoms with E-state index < -0.39 is 33.5 Å². The van der Waals surface area contributed by atoms with Crippen molar-refractivity contribution in [1.29, 1.82) is 0 Å². The number of carbonyl (C=O) groups excluding carboxylic acids is 1. The summed E-state index contributed by atoms with van der Waals surface area (Å²) in [4.78, 5) is 21.8. The highest BCUT2D eigenvalue weighted by atomic mass is 32.2. The molecular weight excluding hydrogens is 290 g/mol. The molecule has 1 aromatic carbocycles. The van der Waals surface area contributed by atoms with E-state index in [-0.39, 0.29) is 17.9 Å². The maximum Gasteiger partial charge on any atom is 0.335 e. The lowest BCUT2D eigenvalue weighted by Gasteiger charge is -2.09. The minimum Gasteiger partial charge on any atom is -0.506 e. The summed E-state index contributed by atoms with van der Waals surface area (Å²) >= 11 is 0. The van der Waals surface area contributed by atoms with Crippen LogP contribution in [0.5, 0.6) is 5.75 Å². The van der Waals surface area contributed by atoms with E-state index in [1.165, 1.54) is 6.92 Å². The number of carboxylic acid groups (broad SMARTS) is 1. The van der Waals surface area contributed by atoms with E-state index in [9.17, 15) is 23.1 Å². The Balaban J connectivity index is 2.87. The molecule has 0 spiro atoms. The van der Waals surface area contributed by atoms with Crippen LogP contribution < -0.4 is 4.72 Å². The molecule has 0 aromatic heterocycles. The van der Waals surface area contributed by atoms with Crippen LogP contribution in [-0.4, -0.2) is 42.9 Å². The van der Waals surface area contributed by atoms with Crippen LogP contribution in [0.3, 0.4) is 0 Å². The molecule has 0 amide bonds. The molecule has 8 nitrogen and oxygen atoms in total. The lowest BCUT2D eigenvalue weighted by molar-refractivity contribution is -0.139. The fourth-order valence-electron chi connectivity index (χ4n) is 1.31. The van der Waals surface area contributed by atoms with Crippen molar-refractivity contribution in [2.45, 2.75) is 6.92 Å². The van der Waals surface area contributed by atoms with E-state index in [0.29, 0.717) is 0 Å². The molecule has 0 heterocycles. The average Bonchev–Trinajstić information content (AvgIpc) is 2.30. The largest absolute Gasteiger partial charge is 0.506 e. The number of benzene rings is 1. The van der Waals surface area contributed by atoms with Crippen LogP contribution in [0.1, 0.15) is 17.3 Å². The third-order valence-electron chi connectivity index (χ3n) is 2.12. The predicted molar refractivity (Wildman–Crippen MR) is 69.1 cm³/mol. The summed E-state index contributed by atoms with van der Waals surface area (Å²) in [6.45, 7) is 1.58. The molecule has 20 heavy (non-hydrogen) atoms. The summed E-state index contributed by atoms with van der Waals surface area (Å²) in [6, 6.07) is 3.09. The molecule has 0 aliphatic heterocycles. The van der Waals surface area contributed by atoms with Gasteiger partial charge in [-0.3, -0.25) is 9.52 Å². The van der Waals surface area contributed by atoms with Crippen molar-refractivity contribution < 1.29 is 33.0 Å². The van der Waals surface area contributed by atoms with Crippen LogP contribution in [0.4, 0.5) is 5.69 Å². The van der Waals surface area contributed by atoms with Gasteiger partial charge >= 0.3 is 11.9 Å². The zero-order chi connectivity index (χ0) is 15.3. The summed E-state index contributed by atoms with van der Waals surface area (Å²) in [5, 5.41) is 18.2. The fourth-order valence-corrected chi connectivity index (χ4v) is 2.29. The van der Waals surface area contributed by atoms with Crippen LogP contribution in [0.2, 0.25) is 0 Å². The Hall–Kier alpha value is -2.29. The van der Waals surface area contributed by atoms with Crippen LogP contribution in [0, 0.1) is 0 Å². The van der Waals surface area contributed by atoms with E-state index in [4.69, 9.17) is 5.11 Å². The number of sulfonamides is 1. The maximum absolute atomic E-state index is 11.6. The second-order valence-corrected chi connectivity index (χ2v) is 5.43. The quantitative estimate of drug-likeness (QED) is 0.512. The molecule has 0 radical (unpaired) electrons. The zero-order valence-electron chi connectivity index (χ0n) is 10.5. The summed E-state index contributed by atoms with van der Waals surface area (Å²) in [5.41, 5.74) is -0.421. The van der Waals surface area contributed by atoms with Gasteiger partial charge in [0.15, 0.2) is 5.75 Å². The number of phenolic OH excluding ortho intramolecular Hbond substituents is 1. The van der Waals surface area contributed by atoms with Gasteiger partial charge in [-0.2, -0.15) is 0 Å². The van der Waals surface area contributed by atoms with Crippen LogP contribution in [-0.2, 0) is 19.6 Å². The maximum atomic E-state index is 11.6. The monoisotopic (exact) mass is 303 g/mol. The second kappa shape index (κ2) is 6.24. The van der Waals surface area contributed by atoms with Crippen molar-refractivity contribution in [3.63, 3.8) is 0 Å². The molecule has 1 rings (SSSR count). The standard InChI is InChI=1S/C11H13NO7S/c1-2-19-10(14)6-20(17,18)12-8-4-3-7(11(15)16)5-9(8)13/h3-5,12-13H,2,6H2,1H3,(H,15,16). The van der Waals surface area contributed by atoms with E-state index in [1.54, 1.807) is 0 Å². The molecule has 110 valence electrons. The third-order valence-corrected chi connectivity index (χ3v) is 3.27. The van der Waals surface area contributed by atoms with Gasteiger partial charge in [0.05, 0.1) is 17.9 Å². The van der Waals surface area contributed by atoms with E-state index in [2.05, 4.69) is 4.74 Å². The zero-order valence-corrected chi connectivity index (χ0v) is 11.3. The van der Waals surface area contributed by atoms with Gasteiger partial charge < -0.3 is 14.9 Å². The number of nitrogens with one attached hydrogen (secondary N) is 1. The highest BCUT2D eigenvalue weighted by Gasteiger charge is 2.19. The average molecular weight is 303 g/mol. The van der Waals surface area contributed by atoms with Crippen LogP contribution in [0.15, 0.2) is 18.2 Å². The first kappa shape index (κ1) is 15.8. The van der Waals surface area contributed by atoms with Gasteiger partial charge in [0.1, 0.15) is 5.75 Å². The summed E-state index contributed by atoms with van der Waals surface area (Å²) < 4.78 is 29.7. The van der Waals surface area contributed by atoms with Crippen LogP contribution >= 0.6 is 0 Å².